The van der Waals surface area contributed by atoms with Crippen molar-refractivity contribution in [1.82, 2.24) is 10.5 Å². The van der Waals surface area contributed by atoms with Crippen LogP contribution in [-0.2, 0) is 16.1 Å². The zero-order valence-electron chi connectivity index (χ0n) is 17.5. The van der Waals surface area contributed by atoms with Crippen LogP contribution in [0.3, 0.4) is 0 Å². The molecule has 0 spiro atoms. The molecule has 3 rings (SSSR count). The molecule has 0 aliphatic rings. The van der Waals surface area contributed by atoms with Gasteiger partial charge in [0.2, 0.25) is 0 Å². The van der Waals surface area contributed by atoms with Crippen LogP contribution in [0.1, 0.15) is 24.5 Å². The van der Waals surface area contributed by atoms with Crippen molar-refractivity contribution in [3.05, 3.63) is 90.1 Å². The standard InChI is InChI=1S/C25H26N2O4/c1-2-6-24(21-12-10-20(11-13-21)23-9-3-4-14-26-23)27-31-16-15-30-22-8-5-7-19(17-22)18-25(28)29/h3-14,17,27H,2,15-16,18H2,1H3,(H,28,29). The maximum Gasteiger partial charge on any atom is 0.307 e. The molecule has 2 aromatic carbocycles. The summed E-state index contributed by atoms with van der Waals surface area (Å²) in [5.41, 5.74) is 7.60. The summed E-state index contributed by atoms with van der Waals surface area (Å²) in [6.45, 7) is 2.73. The largest absolute Gasteiger partial charge is 0.491 e. The van der Waals surface area contributed by atoms with Crippen molar-refractivity contribution in [3.8, 4) is 17.0 Å². The molecule has 6 heteroatoms. The lowest BCUT2D eigenvalue weighted by Crippen LogP contribution is -2.18. The van der Waals surface area contributed by atoms with E-state index in [2.05, 4.69) is 23.5 Å². The fourth-order valence-electron chi connectivity index (χ4n) is 3.03. The average Bonchev–Trinajstić information content (AvgIpc) is 2.79. The molecule has 0 saturated heterocycles. The third kappa shape index (κ3) is 6.97. The van der Waals surface area contributed by atoms with E-state index in [0.717, 1.165) is 28.9 Å². The predicted octanol–water partition coefficient (Wildman–Crippen LogP) is 4.73. The van der Waals surface area contributed by atoms with Crippen LogP contribution in [0.5, 0.6) is 5.75 Å². The van der Waals surface area contributed by atoms with E-state index >= 15 is 0 Å². The minimum absolute atomic E-state index is 0.0282. The summed E-state index contributed by atoms with van der Waals surface area (Å²) >= 11 is 0. The number of carboxylic acid groups (broad SMARTS) is 1. The Morgan fingerprint density at radius 1 is 1.06 bits per heavy atom. The normalized spacial score (nSPS) is 11.2. The lowest BCUT2D eigenvalue weighted by atomic mass is 10.1. The molecule has 0 atom stereocenters. The van der Waals surface area contributed by atoms with Crippen molar-refractivity contribution in [2.75, 3.05) is 13.2 Å². The fourth-order valence-corrected chi connectivity index (χ4v) is 3.03. The lowest BCUT2D eigenvalue weighted by molar-refractivity contribution is -0.136. The van der Waals surface area contributed by atoms with E-state index in [-0.39, 0.29) is 6.42 Å². The number of rotatable bonds is 11. The van der Waals surface area contributed by atoms with Gasteiger partial charge in [-0.2, -0.15) is 0 Å². The van der Waals surface area contributed by atoms with Crippen molar-refractivity contribution in [3.63, 3.8) is 0 Å². The maximum absolute atomic E-state index is 10.8. The molecule has 0 aliphatic carbocycles. The molecule has 31 heavy (non-hydrogen) atoms. The lowest BCUT2D eigenvalue weighted by Gasteiger charge is -2.13. The summed E-state index contributed by atoms with van der Waals surface area (Å²) in [5.74, 6) is -0.246. The molecule has 0 fully saturated rings. The molecular formula is C25H26N2O4. The van der Waals surface area contributed by atoms with Gasteiger partial charge in [-0.3, -0.25) is 20.1 Å². The Labute approximate surface area is 182 Å². The number of aliphatic carboxylic acids is 1. The van der Waals surface area contributed by atoms with Crippen molar-refractivity contribution in [2.24, 2.45) is 0 Å². The molecule has 0 saturated carbocycles. The molecule has 3 aromatic rings. The highest BCUT2D eigenvalue weighted by Crippen LogP contribution is 2.20. The Hall–Kier alpha value is -3.64. The second kappa shape index (κ2) is 11.5. The topological polar surface area (TPSA) is 80.7 Å². The molecule has 6 nitrogen and oxygen atoms in total. The van der Waals surface area contributed by atoms with Gasteiger partial charge in [0, 0.05) is 11.8 Å². The Kier molecular flexibility index (Phi) is 8.20. The molecule has 2 N–H and O–H groups in total. The van der Waals surface area contributed by atoms with Crippen molar-refractivity contribution in [1.29, 1.82) is 0 Å². The molecule has 0 radical (unpaired) electrons. The van der Waals surface area contributed by atoms with Gasteiger partial charge >= 0.3 is 5.97 Å². The monoisotopic (exact) mass is 418 g/mol. The number of benzene rings is 2. The van der Waals surface area contributed by atoms with Gasteiger partial charge in [-0.15, -0.1) is 0 Å². The SMILES string of the molecule is CCC=C(NOCCOc1cccc(CC(=O)O)c1)c1ccc(-c2ccccn2)cc1. The number of ether oxygens (including phenoxy) is 1. The first kappa shape index (κ1) is 22.1. The van der Waals surface area contributed by atoms with Gasteiger partial charge < -0.3 is 9.84 Å². The number of pyridine rings is 1. The van der Waals surface area contributed by atoms with E-state index in [1.807, 2.05) is 42.5 Å². The molecule has 160 valence electrons. The highest BCUT2D eigenvalue weighted by molar-refractivity contribution is 5.70. The highest BCUT2D eigenvalue weighted by atomic mass is 16.7. The smallest absolute Gasteiger partial charge is 0.307 e. The Balaban J connectivity index is 1.50. The summed E-state index contributed by atoms with van der Waals surface area (Å²) in [6, 6.07) is 21.1. The second-order valence-corrected chi connectivity index (χ2v) is 6.84. The van der Waals surface area contributed by atoms with Crippen LogP contribution in [0.25, 0.3) is 17.0 Å². The van der Waals surface area contributed by atoms with Gasteiger partial charge in [-0.25, -0.2) is 0 Å². The predicted molar refractivity (Wildman–Crippen MR) is 120 cm³/mol. The van der Waals surface area contributed by atoms with Gasteiger partial charge in [-0.1, -0.05) is 55.5 Å². The fraction of sp³-hybridized carbons (Fsp3) is 0.200. The molecule has 0 aliphatic heterocycles. The summed E-state index contributed by atoms with van der Waals surface area (Å²) in [4.78, 5) is 20.8. The van der Waals surface area contributed by atoms with Crippen LogP contribution in [0.15, 0.2) is 79.0 Å². The third-order valence-electron chi connectivity index (χ3n) is 4.45. The van der Waals surface area contributed by atoms with Crippen LogP contribution in [-0.4, -0.2) is 29.3 Å². The van der Waals surface area contributed by atoms with Crippen LogP contribution in [0.4, 0.5) is 0 Å². The van der Waals surface area contributed by atoms with Crippen molar-refractivity contribution in [2.45, 2.75) is 19.8 Å². The first-order valence-corrected chi connectivity index (χ1v) is 10.2. The molecule has 0 bridgehead atoms. The quantitative estimate of drug-likeness (QED) is 0.346. The van der Waals surface area contributed by atoms with Crippen LogP contribution in [0, 0.1) is 0 Å². The number of carbonyl (C=O) groups is 1. The van der Waals surface area contributed by atoms with Crippen LogP contribution >= 0.6 is 0 Å². The van der Waals surface area contributed by atoms with Gasteiger partial charge in [0.25, 0.3) is 0 Å². The zero-order chi connectivity index (χ0) is 21.9. The Bertz CT molecular complexity index is 1000. The van der Waals surface area contributed by atoms with Gasteiger partial charge in [0.15, 0.2) is 0 Å². The minimum atomic E-state index is -0.868. The van der Waals surface area contributed by atoms with Crippen LogP contribution < -0.4 is 10.2 Å². The average molecular weight is 418 g/mol. The van der Waals surface area contributed by atoms with Gasteiger partial charge in [0.05, 0.1) is 17.8 Å². The number of hydroxylamine groups is 1. The summed E-state index contributed by atoms with van der Waals surface area (Å²) < 4.78 is 5.66. The van der Waals surface area contributed by atoms with Crippen molar-refractivity contribution < 1.29 is 19.5 Å². The van der Waals surface area contributed by atoms with Gasteiger partial charge in [0.1, 0.15) is 19.0 Å². The number of aromatic nitrogens is 1. The van der Waals surface area contributed by atoms with E-state index < -0.39 is 5.97 Å². The van der Waals surface area contributed by atoms with E-state index in [0.29, 0.717) is 24.5 Å². The van der Waals surface area contributed by atoms with E-state index in [4.69, 9.17) is 14.7 Å². The highest BCUT2D eigenvalue weighted by Gasteiger charge is 2.05. The van der Waals surface area contributed by atoms with E-state index in [9.17, 15) is 4.79 Å². The number of hydrogen-bond donors (Lipinski definition) is 2. The Morgan fingerprint density at radius 2 is 1.90 bits per heavy atom. The molecular weight excluding hydrogens is 392 g/mol. The number of allylic oxidation sites excluding steroid dienone is 1. The second-order valence-electron chi connectivity index (χ2n) is 6.84. The number of nitrogens with one attached hydrogen (secondary N) is 1. The maximum atomic E-state index is 10.8. The summed E-state index contributed by atoms with van der Waals surface area (Å²) in [5, 5.41) is 8.89. The van der Waals surface area contributed by atoms with Crippen molar-refractivity contribution >= 4 is 11.7 Å². The first-order chi connectivity index (χ1) is 15.2. The first-order valence-electron chi connectivity index (χ1n) is 10.2. The minimum Gasteiger partial charge on any atom is -0.491 e. The van der Waals surface area contributed by atoms with Crippen LogP contribution in [0.2, 0.25) is 0 Å². The summed E-state index contributed by atoms with van der Waals surface area (Å²) in [7, 11) is 0. The number of hydrogen-bond acceptors (Lipinski definition) is 5. The molecule has 0 amide bonds. The number of carboxylic acids is 1. The Morgan fingerprint density at radius 3 is 2.61 bits per heavy atom. The van der Waals surface area contributed by atoms with Gasteiger partial charge in [-0.05, 0) is 41.8 Å². The molecule has 1 aromatic heterocycles. The molecule has 1 heterocycles. The van der Waals surface area contributed by atoms with E-state index in [1.165, 1.54) is 0 Å². The summed E-state index contributed by atoms with van der Waals surface area (Å²) in [6.07, 6.45) is 4.68. The van der Waals surface area contributed by atoms with E-state index in [1.54, 1.807) is 30.5 Å². The molecule has 0 unspecified atom stereocenters. The zero-order valence-corrected chi connectivity index (χ0v) is 17.5. The third-order valence-corrected chi connectivity index (χ3v) is 4.45. The number of nitrogens with zero attached hydrogens (tertiary/aromatic N) is 1.